The number of carbonyl (C=O) groups excluding carboxylic acids is 2. The molecule has 30 heavy (non-hydrogen) atoms. The first kappa shape index (κ1) is 22.3. The van der Waals surface area contributed by atoms with E-state index in [1.54, 1.807) is 36.5 Å². The number of nitrogens with zero attached hydrogens (tertiary/aromatic N) is 1. The quantitative estimate of drug-likeness (QED) is 0.263. The second-order valence-electron chi connectivity index (χ2n) is 6.41. The summed E-state index contributed by atoms with van der Waals surface area (Å²) in [4.78, 5) is 40.2. The van der Waals surface area contributed by atoms with Crippen LogP contribution in [0.5, 0.6) is 0 Å². The predicted molar refractivity (Wildman–Crippen MR) is 111 cm³/mol. The third-order valence-electron chi connectivity index (χ3n) is 4.16. The fourth-order valence-electron chi connectivity index (χ4n) is 2.88. The summed E-state index contributed by atoms with van der Waals surface area (Å²) >= 11 is 0. The summed E-state index contributed by atoms with van der Waals surface area (Å²) in [6.07, 6.45) is 1.89. The van der Waals surface area contributed by atoms with Crippen LogP contribution in [0.3, 0.4) is 0 Å². The first-order valence-electron chi connectivity index (χ1n) is 9.24. The van der Waals surface area contributed by atoms with Crippen molar-refractivity contribution in [2.75, 3.05) is 11.9 Å². The zero-order valence-corrected chi connectivity index (χ0v) is 16.4. The van der Waals surface area contributed by atoms with Crippen LogP contribution >= 0.6 is 0 Å². The minimum Gasteiger partial charge on any atom is -0.481 e. The number of nitrogens with one attached hydrogen (secondary N) is 4. The summed E-state index contributed by atoms with van der Waals surface area (Å²) in [6, 6.07) is 8.93. The lowest BCUT2D eigenvalue weighted by atomic mass is 10.0. The van der Waals surface area contributed by atoms with E-state index in [-0.39, 0.29) is 24.5 Å². The van der Waals surface area contributed by atoms with Gasteiger partial charge < -0.3 is 26.8 Å². The average Bonchev–Trinajstić information content (AvgIpc) is 2.70. The maximum atomic E-state index is 12.4. The van der Waals surface area contributed by atoms with Crippen molar-refractivity contribution in [3.8, 4) is 0 Å². The molecule has 0 radical (unpaired) electrons. The van der Waals surface area contributed by atoms with Gasteiger partial charge in [-0.2, -0.15) is 0 Å². The summed E-state index contributed by atoms with van der Waals surface area (Å²) in [5.41, 5.74) is 7.34. The van der Waals surface area contributed by atoms with Crippen LogP contribution in [0, 0.1) is 5.41 Å². The zero-order valence-electron chi connectivity index (χ0n) is 16.4. The molecule has 10 nitrogen and oxygen atoms in total. The normalized spacial score (nSPS) is 11.2. The van der Waals surface area contributed by atoms with Gasteiger partial charge in [-0.25, -0.2) is 0 Å². The van der Waals surface area contributed by atoms with Crippen LogP contribution in [0.1, 0.15) is 41.0 Å². The fraction of sp³-hybridized carbons (Fsp3) is 0.250. The van der Waals surface area contributed by atoms with E-state index in [2.05, 4.69) is 20.9 Å². The Morgan fingerprint density at radius 2 is 2.00 bits per heavy atom. The molecule has 1 atom stereocenters. The minimum absolute atomic E-state index is 0.266. The molecule has 1 heterocycles. The molecule has 2 aromatic rings. The number of aliphatic carboxylic acids is 1. The predicted octanol–water partition coefficient (Wildman–Crippen LogP) is 1.01. The van der Waals surface area contributed by atoms with Gasteiger partial charge in [0.2, 0.25) is 5.91 Å². The fourth-order valence-corrected chi connectivity index (χ4v) is 2.88. The van der Waals surface area contributed by atoms with E-state index in [1.165, 1.54) is 6.07 Å². The van der Waals surface area contributed by atoms with Crippen LogP contribution < -0.4 is 21.7 Å². The smallest absolute Gasteiger partial charge is 0.305 e. The van der Waals surface area contributed by atoms with Gasteiger partial charge in [0, 0.05) is 23.1 Å². The molecule has 0 spiro atoms. The van der Waals surface area contributed by atoms with Crippen LogP contribution in [0.15, 0.2) is 42.6 Å². The lowest BCUT2D eigenvalue weighted by molar-refractivity contribution is -0.137. The van der Waals surface area contributed by atoms with Crippen LogP contribution in [-0.2, 0) is 16.0 Å². The number of carboxylic acid groups (broad SMARTS) is 1. The Bertz CT molecular complexity index is 946. The van der Waals surface area contributed by atoms with Gasteiger partial charge in [0.25, 0.3) is 5.91 Å². The topological polar surface area (TPSA) is 170 Å². The molecule has 0 saturated carbocycles. The minimum atomic E-state index is -1.06. The average molecular weight is 412 g/mol. The summed E-state index contributed by atoms with van der Waals surface area (Å²) in [5, 5.41) is 24.2. The molecule has 0 saturated heterocycles. The number of aryl methyl sites for hydroxylation is 1. The number of nitrogens with two attached hydrogens (primary N) is 1. The highest BCUT2D eigenvalue weighted by Crippen LogP contribution is 2.20. The van der Waals surface area contributed by atoms with Crippen molar-refractivity contribution in [3.05, 3.63) is 59.4 Å². The third-order valence-corrected chi connectivity index (χ3v) is 4.16. The van der Waals surface area contributed by atoms with E-state index in [0.29, 0.717) is 23.4 Å². The van der Waals surface area contributed by atoms with E-state index in [4.69, 9.17) is 11.1 Å². The molecule has 0 aliphatic carbocycles. The Hall–Kier alpha value is -3.95. The summed E-state index contributed by atoms with van der Waals surface area (Å²) < 4.78 is 0. The number of amides is 2. The van der Waals surface area contributed by atoms with Crippen LogP contribution in [-0.4, -0.2) is 40.4 Å². The van der Waals surface area contributed by atoms with Crippen LogP contribution in [0.25, 0.3) is 0 Å². The summed E-state index contributed by atoms with van der Waals surface area (Å²) in [7, 11) is 0. The van der Waals surface area contributed by atoms with E-state index in [0.717, 1.165) is 0 Å². The lowest BCUT2D eigenvalue weighted by Crippen LogP contribution is -2.39. The van der Waals surface area contributed by atoms with Crippen molar-refractivity contribution >= 4 is 29.4 Å². The molecular formula is C20H24N6O4. The molecule has 0 aliphatic heterocycles. The molecule has 0 bridgehead atoms. The Kier molecular flexibility index (Phi) is 7.86. The molecule has 1 aromatic carbocycles. The van der Waals surface area contributed by atoms with Gasteiger partial charge in [-0.05, 0) is 36.2 Å². The monoisotopic (exact) mass is 412 g/mol. The van der Waals surface area contributed by atoms with Crippen molar-refractivity contribution in [2.24, 2.45) is 5.73 Å². The molecule has 158 valence electrons. The van der Waals surface area contributed by atoms with E-state index < -0.39 is 23.8 Å². The second kappa shape index (κ2) is 10.6. The Labute approximate surface area is 173 Å². The SMILES string of the molecule is CCc1ncccc1C(CC(=O)O)NC(=O)CNC(=O)c1cccc(NC(=N)N)c1. The molecule has 2 rings (SSSR count). The van der Waals surface area contributed by atoms with Crippen molar-refractivity contribution in [1.82, 2.24) is 15.6 Å². The molecule has 1 unspecified atom stereocenters. The van der Waals surface area contributed by atoms with E-state index in [1.807, 2.05) is 6.92 Å². The molecule has 0 aliphatic rings. The van der Waals surface area contributed by atoms with Gasteiger partial charge in [0.1, 0.15) is 0 Å². The number of rotatable bonds is 9. The molecule has 2 amide bonds. The molecule has 1 aromatic heterocycles. The number of anilines is 1. The van der Waals surface area contributed by atoms with Gasteiger partial charge in [-0.15, -0.1) is 0 Å². The van der Waals surface area contributed by atoms with E-state index in [9.17, 15) is 19.5 Å². The standard InChI is InChI=1S/C20H24N6O4/c1-2-15-14(7-4-8-23-15)16(10-18(28)29)26-17(27)11-24-19(30)12-5-3-6-13(9-12)25-20(21)22/h3-9,16H,2,10-11H2,1H3,(H,24,30)(H,26,27)(H,28,29)(H4,21,22,25). The maximum Gasteiger partial charge on any atom is 0.305 e. The first-order chi connectivity index (χ1) is 14.3. The highest BCUT2D eigenvalue weighted by molar-refractivity contribution is 5.98. The van der Waals surface area contributed by atoms with Crippen molar-refractivity contribution < 1.29 is 19.5 Å². The highest BCUT2D eigenvalue weighted by Gasteiger charge is 2.21. The van der Waals surface area contributed by atoms with Gasteiger partial charge in [0.05, 0.1) is 19.0 Å². The summed E-state index contributed by atoms with van der Waals surface area (Å²) in [5.74, 6) is -2.36. The number of pyridine rings is 1. The van der Waals surface area contributed by atoms with Crippen LogP contribution in [0.2, 0.25) is 0 Å². The lowest BCUT2D eigenvalue weighted by Gasteiger charge is -2.19. The Morgan fingerprint density at radius 1 is 1.23 bits per heavy atom. The van der Waals surface area contributed by atoms with Gasteiger partial charge in [0.15, 0.2) is 5.96 Å². The number of hydrogen-bond acceptors (Lipinski definition) is 5. The van der Waals surface area contributed by atoms with Gasteiger partial charge >= 0.3 is 5.97 Å². The second-order valence-corrected chi connectivity index (χ2v) is 6.41. The number of aromatic nitrogens is 1. The first-order valence-corrected chi connectivity index (χ1v) is 9.24. The Morgan fingerprint density at radius 3 is 2.67 bits per heavy atom. The van der Waals surface area contributed by atoms with Gasteiger partial charge in [-0.3, -0.25) is 24.8 Å². The van der Waals surface area contributed by atoms with Crippen molar-refractivity contribution in [2.45, 2.75) is 25.8 Å². The van der Waals surface area contributed by atoms with Crippen molar-refractivity contribution in [1.29, 1.82) is 5.41 Å². The Balaban J connectivity index is 2.02. The highest BCUT2D eigenvalue weighted by atomic mass is 16.4. The number of benzene rings is 1. The number of carboxylic acids is 1. The molecule has 0 fully saturated rings. The zero-order chi connectivity index (χ0) is 22.1. The van der Waals surface area contributed by atoms with Crippen molar-refractivity contribution in [3.63, 3.8) is 0 Å². The molecular weight excluding hydrogens is 388 g/mol. The van der Waals surface area contributed by atoms with Crippen LogP contribution in [0.4, 0.5) is 5.69 Å². The number of hydrogen-bond donors (Lipinski definition) is 6. The van der Waals surface area contributed by atoms with E-state index >= 15 is 0 Å². The number of guanidine groups is 1. The largest absolute Gasteiger partial charge is 0.481 e. The molecule has 10 heteroatoms. The molecule has 7 N–H and O–H groups in total. The summed E-state index contributed by atoms with van der Waals surface area (Å²) in [6.45, 7) is 1.56. The number of carbonyl (C=O) groups is 3. The maximum absolute atomic E-state index is 12.4. The van der Waals surface area contributed by atoms with Gasteiger partial charge in [-0.1, -0.05) is 19.1 Å². The third kappa shape index (κ3) is 6.59.